The molecule has 3 aliphatic heterocycles. The molecule has 2 unspecified atom stereocenters. The molecule has 7 nitrogen and oxygen atoms in total. The summed E-state index contributed by atoms with van der Waals surface area (Å²) >= 11 is 1.63. The van der Waals surface area contributed by atoms with Crippen LogP contribution in [0.15, 0.2) is 30.3 Å². The highest BCUT2D eigenvalue weighted by Gasteiger charge is 2.77. The zero-order chi connectivity index (χ0) is 22.6. The van der Waals surface area contributed by atoms with Gasteiger partial charge in [0.15, 0.2) is 0 Å². The number of carbonyl (C=O) groups is 3. The Morgan fingerprint density at radius 2 is 1.90 bits per heavy atom. The topological polar surface area (TPSA) is 98.7 Å². The fourth-order valence-electron chi connectivity index (χ4n) is 5.95. The summed E-state index contributed by atoms with van der Waals surface area (Å²) in [6.07, 6.45) is 1.46. The van der Waals surface area contributed by atoms with Crippen molar-refractivity contribution in [2.75, 3.05) is 13.7 Å². The summed E-state index contributed by atoms with van der Waals surface area (Å²) in [6.45, 7) is 5.53. The number of hydrogen-bond donors (Lipinski definition) is 3. The van der Waals surface area contributed by atoms with Crippen molar-refractivity contribution in [2.24, 2.45) is 11.8 Å². The first kappa shape index (κ1) is 22.1. The zero-order valence-corrected chi connectivity index (χ0v) is 19.2. The van der Waals surface area contributed by atoms with Crippen molar-refractivity contribution < 1.29 is 19.5 Å². The smallest absolute Gasteiger partial charge is 0.244 e. The van der Waals surface area contributed by atoms with Gasteiger partial charge in [0.1, 0.15) is 6.04 Å². The van der Waals surface area contributed by atoms with Gasteiger partial charge in [-0.1, -0.05) is 30.3 Å². The van der Waals surface area contributed by atoms with Crippen LogP contribution in [0.25, 0.3) is 0 Å². The highest BCUT2D eigenvalue weighted by molar-refractivity contribution is 8.02. The Kier molecular flexibility index (Phi) is 5.58. The van der Waals surface area contributed by atoms with Gasteiger partial charge < -0.3 is 20.6 Å². The van der Waals surface area contributed by atoms with E-state index in [1.54, 1.807) is 23.7 Å². The Balaban J connectivity index is 1.85. The van der Waals surface area contributed by atoms with E-state index in [0.717, 1.165) is 12.0 Å². The number of aliphatic hydroxyl groups is 1. The number of amides is 3. The minimum Gasteiger partial charge on any atom is -0.394 e. The summed E-state index contributed by atoms with van der Waals surface area (Å²) in [6, 6.07) is 7.84. The lowest BCUT2D eigenvalue weighted by Gasteiger charge is -2.37. The molecule has 3 saturated heterocycles. The Bertz CT molecular complexity index is 894. The Morgan fingerprint density at radius 1 is 1.23 bits per heavy atom. The Labute approximate surface area is 187 Å². The first-order valence-electron chi connectivity index (χ1n) is 10.9. The number of aliphatic hydroxyl groups excluding tert-OH is 1. The SMILES string of the molecule is CNC(=O)[C@H]1[C@H]2C(=O)N([C@H](CO)c3ccccc3)C(C(=O)NC(C)C)C23CC[C@]1(C)S3. The van der Waals surface area contributed by atoms with E-state index in [0.29, 0.717) is 6.42 Å². The van der Waals surface area contributed by atoms with Crippen molar-refractivity contribution in [1.29, 1.82) is 0 Å². The quantitative estimate of drug-likeness (QED) is 0.616. The van der Waals surface area contributed by atoms with Crippen LogP contribution in [0.1, 0.15) is 45.2 Å². The lowest BCUT2D eigenvalue weighted by molar-refractivity contribution is -0.143. The number of hydrogen-bond acceptors (Lipinski definition) is 5. The summed E-state index contributed by atoms with van der Waals surface area (Å²) in [5.74, 6) is -1.67. The van der Waals surface area contributed by atoms with Gasteiger partial charge in [-0.15, -0.1) is 11.8 Å². The van der Waals surface area contributed by atoms with Crippen molar-refractivity contribution in [3.8, 4) is 0 Å². The number of nitrogens with zero attached hydrogens (tertiary/aromatic N) is 1. The minimum atomic E-state index is -0.744. The third kappa shape index (κ3) is 3.18. The van der Waals surface area contributed by atoms with Gasteiger partial charge >= 0.3 is 0 Å². The molecular formula is C23H31N3O4S. The molecule has 3 aliphatic rings. The standard InChI is InChI=1S/C23H31N3O4S/c1-13(2)25-20(29)18-23-11-10-22(3,31-23)16(19(28)24-4)17(23)21(30)26(18)15(12-27)14-8-6-5-7-9-14/h5-9,13,15-18,27H,10-12H2,1-4H3,(H,24,28)(H,25,29)/t15-,16-,17+,18?,22+,23?/m1/s1. The van der Waals surface area contributed by atoms with Crippen LogP contribution < -0.4 is 10.6 Å². The largest absolute Gasteiger partial charge is 0.394 e. The number of nitrogens with one attached hydrogen (secondary N) is 2. The van der Waals surface area contributed by atoms with Crippen LogP contribution in [0.2, 0.25) is 0 Å². The Hall–Kier alpha value is -2.06. The van der Waals surface area contributed by atoms with Crippen LogP contribution in [0, 0.1) is 11.8 Å². The highest BCUT2D eigenvalue weighted by Crippen LogP contribution is 2.71. The van der Waals surface area contributed by atoms with Crippen LogP contribution in [0.4, 0.5) is 0 Å². The fraction of sp³-hybridized carbons (Fsp3) is 0.609. The number of carbonyl (C=O) groups excluding carboxylic acids is 3. The van der Waals surface area contributed by atoms with Crippen LogP contribution in [-0.4, -0.2) is 63.0 Å². The fourth-order valence-corrected chi connectivity index (χ4v) is 8.29. The molecule has 1 spiro atoms. The van der Waals surface area contributed by atoms with Crippen molar-refractivity contribution in [2.45, 2.75) is 61.2 Å². The van der Waals surface area contributed by atoms with Crippen molar-refractivity contribution >= 4 is 29.5 Å². The first-order valence-corrected chi connectivity index (χ1v) is 11.7. The van der Waals surface area contributed by atoms with Crippen LogP contribution in [0.3, 0.4) is 0 Å². The lowest BCUT2D eigenvalue weighted by atomic mass is 9.66. The van der Waals surface area contributed by atoms with Gasteiger partial charge in [0, 0.05) is 17.8 Å². The van der Waals surface area contributed by atoms with Gasteiger partial charge in [-0.25, -0.2) is 0 Å². The third-order valence-corrected chi connectivity index (χ3v) is 9.10. The normalized spacial score (nSPS) is 34.7. The molecule has 0 aromatic heterocycles. The number of fused-ring (bicyclic) bond motifs is 1. The van der Waals surface area contributed by atoms with Gasteiger partial charge in [-0.2, -0.15) is 0 Å². The molecule has 3 heterocycles. The minimum absolute atomic E-state index is 0.0851. The maximum atomic E-state index is 14.0. The van der Waals surface area contributed by atoms with Crippen molar-refractivity contribution in [1.82, 2.24) is 15.5 Å². The summed E-state index contributed by atoms with van der Waals surface area (Å²) < 4.78 is -1.06. The average molecular weight is 446 g/mol. The molecular weight excluding hydrogens is 414 g/mol. The third-order valence-electron chi connectivity index (χ3n) is 7.12. The van der Waals surface area contributed by atoms with Crippen LogP contribution in [0.5, 0.6) is 0 Å². The molecule has 0 aliphatic carbocycles. The molecule has 3 N–H and O–H groups in total. The molecule has 1 aromatic rings. The first-order chi connectivity index (χ1) is 14.7. The van der Waals surface area contributed by atoms with Gasteiger partial charge in [0.25, 0.3) is 0 Å². The highest BCUT2D eigenvalue weighted by atomic mass is 32.2. The monoisotopic (exact) mass is 445 g/mol. The second kappa shape index (κ2) is 7.81. The predicted octanol–water partition coefficient (Wildman–Crippen LogP) is 1.47. The number of benzene rings is 1. The molecule has 3 amide bonds. The van der Waals surface area contributed by atoms with E-state index in [1.807, 2.05) is 51.1 Å². The lowest BCUT2D eigenvalue weighted by Crippen LogP contribution is -2.55. The second-order valence-corrected chi connectivity index (χ2v) is 11.3. The average Bonchev–Trinajstić information content (AvgIpc) is 3.30. The summed E-state index contributed by atoms with van der Waals surface area (Å²) in [5.41, 5.74) is 0.777. The molecule has 31 heavy (non-hydrogen) atoms. The molecule has 3 fully saturated rings. The van der Waals surface area contributed by atoms with Crippen LogP contribution >= 0.6 is 11.8 Å². The van der Waals surface area contributed by atoms with E-state index >= 15 is 0 Å². The second-order valence-electron chi connectivity index (χ2n) is 9.36. The van der Waals surface area contributed by atoms with Crippen molar-refractivity contribution in [3.05, 3.63) is 35.9 Å². The Morgan fingerprint density at radius 3 is 2.48 bits per heavy atom. The van der Waals surface area contributed by atoms with E-state index in [4.69, 9.17) is 0 Å². The summed E-state index contributed by atoms with van der Waals surface area (Å²) in [7, 11) is 1.59. The maximum absolute atomic E-state index is 14.0. The van der Waals surface area contributed by atoms with Crippen LogP contribution in [-0.2, 0) is 14.4 Å². The summed E-state index contributed by atoms with van der Waals surface area (Å²) in [5, 5.41) is 16.1. The van der Waals surface area contributed by atoms with E-state index in [2.05, 4.69) is 10.6 Å². The van der Waals surface area contributed by atoms with E-state index in [-0.39, 0.29) is 35.1 Å². The maximum Gasteiger partial charge on any atom is 0.244 e. The van der Waals surface area contributed by atoms with E-state index in [1.165, 1.54) is 0 Å². The molecule has 168 valence electrons. The molecule has 8 heteroatoms. The number of thioether (sulfide) groups is 1. The molecule has 1 aromatic carbocycles. The van der Waals surface area contributed by atoms with Crippen molar-refractivity contribution in [3.63, 3.8) is 0 Å². The van der Waals surface area contributed by atoms with E-state index in [9.17, 15) is 19.5 Å². The molecule has 0 radical (unpaired) electrons. The molecule has 4 rings (SSSR count). The zero-order valence-electron chi connectivity index (χ0n) is 18.4. The van der Waals surface area contributed by atoms with Gasteiger partial charge in [0.2, 0.25) is 17.7 Å². The molecule has 0 saturated carbocycles. The number of likely N-dealkylation sites (tertiary alicyclic amines) is 1. The molecule has 6 atom stereocenters. The van der Waals surface area contributed by atoms with Gasteiger partial charge in [0.05, 0.1) is 29.2 Å². The predicted molar refractivity (Wildman–Crippen MR) is 119 cm³/mol. The van der Waals surface area contributed by atoms with Gasteiger partial charge in [-0.05, 0) is 39.2 Å². The number of rotatable bonds is 6. The van der Waals surface area contributed by atoms with E-state index < -0.39 is 28.7 Å². The summed E-state index contributed by atoms with van der Waals surface area (Å²) in [4.78, 5) is 42.0. The molecule has 2 bridgehead atoms. The van der Waals surface area contributed by atoms with Gasteiger partial charge in [-0.3, -0.25) is 14.4 Å².